The first kappa shape index (κ1) is 17.0. The summed E-state index contributed by atoms with van der Waals surface area (Å²) in [7, 11) is 0. The lowest BCUT2D eigenvalue weighted by molar-refractivity contribution is -0.115. The number of carboxylic acid groups (broad SMARTS) is 1. The van der Waals surface area contributed by atoms with E-state index in [-0.39, 0.29) is 24.0 Å². The minimum Gasteiger partial charge on any atom is -0.488 e. The highest BCUT2D eigenvalue weighted by Crippen LogP contribution is 2.29. The molecule has 3 rings (SSSR count). The van der Waals surface area contributed by atoms with Crippen LogP contribution in [0.15, 0.2) is 48.5 Å². The number of amides is 1. The molecule has 0 unspecified atom stereocenters. The lowest BCUT2D eigenvalue weighted by atomic mass is 10.0. The van der Waals surface area contributed by atoms with Gasteiger partial charge in [-0.05, 0) is 49.4 Å². The first-order valence-corrected chi connectivity index (χ1v) is 8.50. The lowest BCUT2D eigenvalue weighted by Gasteiger charge is -2.17. The molecule has 130 valence electrons. The van der Waals surface area contributed by atoms with Crippen LogP contribution in [0.25, 0.3) is 0 Å². The summed E-state index contributed by atoms with van der Waals surface area (Å²) in [4.78, 5) is 23.6. The summed E-state index contributed by atoms with van der Waals surface area (Å²) in [5.74, 6) is -0.640. The number of rotatable bonds is 6. The Morgan fingerprint density at radius 1 is 1.04 bits per heavy atom. The molecule has 0 aliphatic heterocycles. The van der Waals surface area contributed by atoms with E-state index in [1.165, 1.54) is 18.9 Å². The maximum absolute atomic E-state index is 12.4. The molecule has 0 atom stereocenters. The van der Waals surface area contributed by atoms with Gasteiger partial charge in [-0.1, -0.05) is 30.3 Å². The minimum absolute atomic E-state index is 0.000234. The zero-order chi connectivity index (χ0) is 17.6. The van der Waals surface area contributed by atoms with Gasteiger partial charge in [0.25, 0.3) is 0 Å². The van der Waals surface area contributed by atoms with Gasteiger partial charge in [0.1, 0.15) is 5.75 Å². The maximum atomic E-state index is 12.4. The lowest BCUT2D eigenvalue weighted by Crippen LogP contribution is -2.18. The van der Waals surface area contributed by atoms with E-state index in [0.717, 1.165) is 12.8 Å². The van der Waals surface area contributed by atoms with Crippen LogP contribution in [0, 0.1) is 0 Å². The van der Waals surface area contributed by atoms with Crippen molar-refractivity contribution in [3.63, 3.8) is 0 Å². The Morgan fingerprint density at radius 2 is 1.72 bits per heavy atom. The molecule has 25 heavy (non-hydrogen) atoms. The zero-order valence-corrected chi connectivity index (χ0v) is 13.9. The van der Waals surface area contributed by atoms with Gasteiger partial charge in [-0.25, -0.2) is 4.79 Å². The molecule has 1 aliphatic rings. The molecule has 2 aromatic carbocycles. The van der Waals surface area contributed by atoms with Crippen LogP contribution >= 0.6 is 0 Å². The summed E-state index contributed by atoms with van der Waals surface area (Å²) >= 11 is 0. The van der Waals surface area contributed by atoms with Crippen LogP contribution in [0.5, 0.6) is 5.75 Å². The third-order valence-electron chi connectivity index (χ3n) is 4.36. The molecule has 2 aromatic rings. The quantitative estimate of drug-likeness (QED) is 0.837. The van der Waals surface area contributed by atoms with Crippen molar-refractivity contribution in [3.8, 4) is 5.75 Å². The molecule has 0 bridgehead atoms. The average molecular weight is 339 g/mol. The Morgan fingerprint density at radius 3 is 2.48 bits per heavy atom. The molecule has 2 N–H and O–H groups in total. The van der Waals surface area contributed by atoms with Gasteiger partial charge in [-0.15, -0.1) is 0 Å². The molecule has 1 amide bonds. The fourth-order valence-electron chi connectivity index (χ4n) is 3.11. The Hall–Kier alpha value is -2.82. The van der Waals surface area contributed by atoms with Crippen molar-refractivity contribution in [2.24, 2.45) is 0 Å². The van der Waals surface area contributed by atoms with Gasteiger partial charge in [-0.3, -0.25) is 4.79 Å². The Labute approximate surface area is 146 Å². The molecular weight excluding hydrogens is 318 g/mol. The zero-order valence-electron chi connectivity index (χ0n) is 13.9. The fraction of sp³-hybridized carbons (Fsp3) is 0.300. The highest BCUT2D eigenvalue weighted by Gasteiger charge is 2.19. The molecule has 5 nitrogen and oxygen atoms in total. The third-order valence-corrected chi connectivity index (χ3v) is 4.36. The minimum atomic E-state index is -1.03. The van der Waals surface area contributed by atoms with Crippen molar-refractivity contribution in [2.45, 2.75) is 38.2 Å². The normalized spacial score (nSPS) is 14.2. The highest BCUT2D eigenvalue weighted by molar-refractivity contribution is 5.96. The van der Waals surface area contributed by atoms with Crippen LogP contribution in [0.4, 0.5) is 5.69 Å². The molecule has 1 saturated carbocycles. The molecule has 0 saturated heterocycles. The van der Waals surface area contributed by atoms with Crippen LogP contribution in [-0.2, 0) is 11.2 Å². The number of ether oxygens (including phenoxy) is 1. The number of nitrogens with one attached hydrogen (secondary N) is 1. The maximum Gasteiger partial charge on any atom is 0.335 e. The molecule has 5 heteroatoms. The van der Waals surface area contributed by atoms with E-state index in [1.807, 2.05) is 18.2 Å². The summed E-state index contributed by atoms with van der Waals surface area (Å²) in [6, 6.07) is 13.9. The molecule has 0 radical (unpaired) electrons. The molecule has 1 fully saturated rings. The van der Waals surface area contributed by atoms with Crippen LogP contribution in [0.2, 0.25) is 0 Å². The Kier molecular flexibility index (Phi) is 5.33. The summed E-state index contributed by atoms with van der Waals surface area (Å²) in [6.07, 6.45) is 4.62. The SMILES string of the molecule is O=C(Cc1ccccc1C(=O)O)Nc1ccccc1OC1CCCC1. The smallest absolute Gasteiger partial charge is 0.335 e. The first-order chi connectivity index (χ1) is 12.1. The number of para-hydroxylation sites is 2. The van der Waals surface area contributed by atoms with Gasteiger partial charge in [0.05, 0.1) is 23.8 Å². The predicted octanol–water partition coefficient (Wildman–Crippen LogP) is 3.89. The second-order valence-corrected chi connectivity index (χ2v) is 6.21. The monoisotopic (exact) mass is 339 g/mol. The number of carbonyl (C=O) groups is 2. The number of carboxylic acids is 1. The largest absolute Gasteiger partial charge is 0.488 e. The van der Waals surface area contributed by atoms with E-state index in [0.29, 0.717) is 17.0 Å². The Balaban J connectivity index is 1.70. The number of carbonyl (C=O) groups excluding carboxylic acids is 1. The summed E-state index contributed by atoms with van der Waals surface area (Å²) < 4.78 is 6.01. The second kappa shape index (κ2) is 7.83. The molecule has 0 heterocycles. The van der Waals surface area contributed by atoms with E-state index >= 15 is 0 Å². The average Bonchev–Trinajstić information content (AvgIpc) is 3.10. The third kappa shape index (κ3) is 4.38. The number of aromatic carboxylic acids is 1. The number of hydrogen-bond acceptors (Lipinski definition) is 3. The van der Waals surface area contributed by atoms with Crippen molar-refractivity contribution in [1.29, 1.82) is 0 Å². The molecule has 0 spiro atoms. The van der Waals surface area contributed by atoms with Crippen LogP contribution < -0.4 is 10.1 Å². The van der Waals surface area contributed by atoms with Crippen molar-refractivity contribution in [1.82, 2.24) is 0 Å². The van der Waals surface area contributed by atoms with Gasteiger partial charge < -0.3 is 15.2 Å². The second-order valence-electron chi connectivity index (χ2n) is 6.21. The van der Waals surface area contributed by atoms with Gasteiger partial charge in [0.15, 0.2) is 0 Å². The number of hydrogen-bond donors (Lipinski definition) is 2. The van der Waals surface area contributed by atoms with Crippen LogP contribution in [0.3, 0.4) is 0 Å². The molecule has 0 aromatic heterocycles. The summed E-state index contributed by atoms with van der Waals surface area (Å²) in [6.45, 7) is 0. The van der Waals surface area contributed by atoms with Gasteiger partial charge in [0.2, 0.25) is 5.91 Å². The highest BCUT2D eigenvalue weighted by atomic mass is 16.5. The number of anilines is 1. The van der Waals surface area contributed by atoms with Gasteiger partial charge in [-0.2, -0.15) is 0 Å². The molecular formula is C20H21NO4. The number of benzene rings is 2. The van der Waals surface area contributed by atoms with E-state index in [9.17, 15) is 14.7 Å². The van der Waals surface area contributed by atoms with Crippen molar-refractivity contribution in [3.05, 3.63) is 59.7 Å². The first-order valence-electron chi connectivity index (χ1n) is 8.50. The Bertz CT molecular complexity index is 766. The predicted molar refractivity (Wildman–Crippen MR) is 95.1 cm³/mol. The van der Waals surface area contributed by atoms with Crippen LogP contribution in [-0.4, -0.2) is 23.1 Å². The summed E-state index contributed by atoms with van der Waals surface area (Å²) in [5, 5.41) is 12.1. The van der Waals surface area contributed by atoms with E-state index < -0.39 is 5.97 Å². The summed E-state index contributed by atoms with van der Waals surface area (Å²) in [5.41, 5.74) is 1.25. The fourth-order valence-corrected chi connectivity index (χ4v) is 3.11. The van der Waals surface area contributed by atoms with Crippen molar-refractivity contribution < 1.29 is 19.4 Å². The van der Waals surface area contributed by atoms with Gasteiger partial charge >= 0.3 is 5.97 Å². The van der Waals surface area contributed by atoms with Crippen molar-refractivity contribution in [2.75, 3.05) is 5.32 Å². The van der Waals surface area contributed by atoms with Crippen LogP contribution in [0.1, 0.15) is 41.6 Å². The van der Waals surface area contributed by atoms with E-state index in [2.05, 4.69) is 5.32 Å². The van der Waals surface area contributed by atoms with E-state index in [4.69, 9.17) is 4.74 Å². The standard InChI is InChI=1S/C20H21NO4/c22-19(13-14-7-1-4-10-16(14)20(23)24)21-17-11-5-6-12-18(17)25-15-8-2-3-9-15/h1,4-7,10-12,15H,2-3,8-9,13H2,(H,21,22)(H,23,24). The van der Waals surface area contributed by atoms with Gasteiger partial charge in [0, 0.05) is 0 Å². The van der Waals surface area contributed by atoms with E-state index in [1.54, 1.807) is 24.3 Å². The van der Waals surface area contributed by atoms with Crippen molar-refractivity contribution >= 4 is 17.6 Å². The topological polar surface area (TPSA) is 75.6 Å². The molecule has 1 aliphatic carbocycles.